The topological polar surface area (TPSA) is 52.7 Å². The van der Waals surface area contributed by atoms with Crippen molar-refractivity contribution in [1.82, 2.24) is 15.5 Å². The summed E-state index contributed by atoms with van der Waals surface area (Å²) in [5.74, 6) is 0. The van der Waals surface area contributed by atoms with Gasteiger partial charge in [0, 0.05) is 18.8 Å². The number of hydrogen-bond donors (Lipinski definition) is 3. The van der Waals surface area contributed by atoms with Crippen molar-refractivity contribution < 1.29 is 0 Å². The van der Waals surface area contributed by atoms with Crippen LogP contribution < -0.4 is 10.6 Å². The summed E-state index contributed by atoms with van der Waals surface area (Å²) in [7, 11) is 0. The molecular weight excluding hydrogens is 176 g/mol. The van der Waals surface area contributed by atoms with Crippen molar-refractivity contribution in [2.24, 2.45) is 0 Å². The van der Waals surface area contributed by atoms with E-state index in [4.69, 9.17) is 0 Å². The molecule has 1 atom stereocenters. The van der Waals surface area contributed by atoms with Gasteiger partial charge in [-0.1, -0.05) is 0 Å². The van der Waals surface area contributed by atoms with Gasteiger partial charge in [0.1, 0.15) is 0 Å². The number of nitrogens with one attached hydrogen (secondary N) is 3. The van der Waals surface area contributed by atoms with Crippen molar-refractivity contribution in [3.63, 3.8) is 0 Å². The number of aromatic amines is 1. The Hall–Kier alpha value is -0.740. The molecule has 1 aliphatic heterocycles. The van der Waals surface area contributed by atoms with Crippen molar-refractivity contribution >= 4 is 18.1 Å². The van der Waals surface area contributed by atoms with Crippen LogP contribution in [0.5, 0.6) is 0 Å². The van der Waals surface area contributed by atoms with E-state index in [1.54, 1.807) is 6.20 Å². The Labute approximate surface area is 77.5 Å². The molecule has 68 valence electrons. The Morgan fingerprint density at radius 1 is 1.58 bits per heavy atom. The monoisotopic (exact) mass is 188 g/mol. The molecule has 0 radical (unpaired) electrons. The van der Waals surface area contributed by atoms with Gasteiger partial charge in [-0.3, -0.25) is 5.10 Å². The molecule has 1 aromatic heterocycles. The van der Waals surface area contributed by atoms with Gasteiger partial charge in [0.05, 0.1) is 11.9 Å². The van der Waals surface area contributed by atoms with Crippen LogP contribution in [0, 0.1) is 0 Å². The van der Waals surface area contributed by atoms with Crippen LogP contribution in [0.3, 0.4) is 0 Å². The first kappa shape index (κ1) is 9.35. The number of rotatable bonds is 2. The molecule has 0 aromatic carbocycles. The first-order chi connectivity index (χ1) is 5.45. The molecule has 1 fully saturated rings. The minimum Gasteiger partial charge on any atom is -0.378 e. The maximum atomic E-state index is 3.86. The van der Waals surface area contributed by atoms with Crippen molar-refractivity contribution in [3.8, 4) is 0 Å². The van der Waals surface area contributed by atoms with Gasteiger partial charge in [-0.25, -0.2) is 0 Å². The summed E-state index contributed by atoms with van der Waals surface area (Å²) < 4.78 is 0. The zero-order valence-corrected chi connectivity index (χ0v) is 7.53. The van der Waals surface area contributed by atoms with Gasteiger partial charge in [0.25, 0.3) is 0 Å². The number of anilines is 1. The van der Waals surface area contributed by atoms with Crippen LogP contribution in [0.1, 0.15) is 6.42 Å². The molecule has 1 aliphatic rings. The number of halogens is 1. The molecule has 5 heteroatoms. The average molecular weight is 189 g/mol. The van der Waals surface area contributed by atoms with E-state index < -0.39 is 0 Å². The summed E-state index contributed by atoms with van der Waals surface area (Å²) in [6.45, 7) is 2.18. The van der Waals surface area contributed by atoms with E-state index in [0.717, 1.165) is 18.8 Å². The van der Waals surface area contributed by atoms with Crippen LogP contribution >= 0.6 is 12.4 Å². The Morgan fingerprint density at radius 2 is 2.50 bits per heavy atom. The molecule has 3 N–H and O–H groups in total. The summed E-state index contributed by atoms with van der Waals surface area (Å²) in [6.07, 6.45) is 4.88. The lowest BCUT2D eigenvalue weighted by Crippen LogP contribution is -2.21. The van der Waals surface area contributed by atoms with Crippen LogP contribution in [-0.4, -0.2) is 29.3 Å². The summed E-state index contributed by atoms with van der Waals surface area (Å²) >= 11 is 0. The van der Waals surface area contributed by atoms with Crippen LogP contribution in [0.2, 0.25) is 0 Å². The lowest BCUT2D eigenvalue weighted by Gasteiger charge is -2.09. The first-order valence-electron chi connectivity index (χ1n) is 3.91. The Kier molecular flexibility index (Phi) is 3.37. The zero-order valence-electron chi connectivity index (χ0n) is 6.71. The maximum absolute atomic E-state index is 3.86. The molecule has 1 unspecified atom stereocenters. The SMILES string of the molecule is Cl.c1n[nH]cc1NC1CCNC1. The van der Waals surface area contributed by atoms with Gasteiger partial charge in [-0.15, -0.1) is 12.4 Å². The highest BCUT2D eigenvalue weighted by molar-refractivity contribution is 5.85. The molecule has 1 aromatic rings. The Morgan fingerprint density at radius 3 is 3.08 bits per heavy atom. The molecule has 0 aliphatic carbocycles. The van der Waals surface area contributed by atoms with Crippen LogP contribution in [0.15, 0.2) is 12.4 Å². The van der Waals surface area contributed by atoms with E-state index in [0.29, 0.717) is 6.04 Å². The molecule has 0 saturated carbocycles. The molecule has 0 bridgehead atoms. The third kappa shape index (κ3) is 2.12. The van der Waals surface area contributed by atoms with Crippen LogP contribution in [-0.2, 0) is 0 Å². The number of H-pyrrole nitrogens is 1. The van der Waals surface area contributed by atoms with Crippen molar-refractivity contribution in [1.29, 1.82) is 0 Å². The van der Waals surface area contributed by atoms with Crippen molar-refractivity contribution in [2.75, 3.05) is 18.4 Å². The largest absolute Gasteiger partial charge is 0.378 e. The van der Waals surface area contributed by atoms with Crippen LogP contribution in [0.4, 0.5) is 5.69 Å². The highest BCUT2D eigenvalue weighted by Gasteiger charge is 2.13. The fourth-order valence-corrected chi connectivity index (χ4v) is 1.34. The minimum atomic E-state index is 0. The Bertz CT molecular complexity index is 205. The van der Waals surface area contributed by atoms with Gasteiger partial charge < -0.3 is 10.6 Å². The zero-order chi connectivity index (χ0) is 7.52. The molecule has 4 nitrogen and oxygen atoms in total. The van der Waals surface area contributed by atoms with Gasteiger partial charge in [0.15, 0.2) is 0 Å². The lowest BCUT2D eigenvalue weighted by molar-refractivity contribution is 0.793. The third-order valence-electron chi connectivity index (χ3n) is 1.93. The van der Waals surface area contributed by atoms with Gasteiger partial charge in [-0.05, 0) is 13.0 Å². The van der Waals surface area contributed by atoms with E-state index in [1.807, 2.05) is 6.20 Å². The maximum Gasteiger partial charge on any atom is 0.0726 e. The number of hydrogen-bond acceptors (Lipinski definition) is 3. The summed E-state index contributed by atoms with van der Waals surface area (Å²) in [5, 5.41) is 13.3. The molecule has 2 rings (SSSR count). The van der Waals surface area contributed by atoms with E-state index in [9.17, 15) is 0 Å². The second-order valence-electron chi connectivity index (χ2n) is 2.82. The predicted molar refractivity (Wildman–Crippen MR) is 50.7 cm³/mol. The van der Waals surface area contributed by atoms with E-state index >= 15 is 0 Å². The molecule has 1 saturated heterocycles. The van der Waals surface area contributed by atoms with Gasteiger partial charge >= 0.3 is 0 Å². The van der Waals surface area contributed by atoms with E-state index in [1.165, 1.54) is 6.42 Å². The van der Waals surface area contributed by atoms with E-state index in [-0.39, 0.29) is 12.4 Å². The van der Waals surface area contributed by atoms with Crippen molar-refractivity contribution in [2.45, 2.75) is 12.5 Å². The highest BCUT2D eigenvalue weighted by atomic mass is 35.5. The molecule has 0 spiro atoms. The van der Waals surface area contributed by atoms with Crippen LogP contribution in [0.25, 0.3) is 0 Å². The average Bonchev–Trinajstić information content (AvgIpc) is 2.60. The quantitative estimate of drug-likeness (QED) is 0.638. The standard InChI is InChI=1S/C7H12N4.ClH/c1-2-8-3-6(1)11-7-4-9-10-5-7;/h4-6,8,11H,1-3H2,(H,9,10);1H. The number of aromatic nitrogens is 2. The van der Waals surface area contributed by atoms with E-state index in [2.05, 4.69) is 20.8 Å². The summed E-state index contributed by atoms with van der Waals surface area (Å²) in [6, 6.07) is 0.576. The smallest absolute Gasteiger partial charge is 0.0726 e. The second kappa shape index (κ2) is 4.33. The molecule has 2 heterocycles. The summed E-state index contributed by atoms with van der Waals surface area (Å²) in [4.78, 5) is 0. The predicted octanol–water partition coefficient (Wildman–Crippen LogP) is 0.605. The normalized spacial score (nSPS) is 21.8. The minimum absolute atomic E-state index is 0. The lowest BCUT2D eigenvalue weighted by atomic mass is 10.2. The van der Waals surface area contributed by atoms with Gasteiger partial charge in [0.2, 0.25) is 0 Å². The summed E-state index contributed by atoms with van der Waals surface area (Å²) in [5.41, 5.74) is 1.08. The number of nitrogens with zero attached hydrogens (tertiary/aromatic N) is 1. The molecule has 0 amide bonds. The molecular formula is C7H13ClN4. The highest BCUT2D eigenvalue weighted by Crippen LogP contribution is 2.07. The first-order valence-corrected chi connectivity index (χ1v) is 3.91. The molecule has 12 heavy (non-hydrogen) atoms. The third-order valence-corrected chi connectivity index (χ3v) is 1.93. The van der Waals surface area contributed by atoms with Crippen molar-refractivity contribution in [3.05, 3.63) is 12.4 Å². The fraction of sp³-hybridized carbons (Fsp3) is 0.571. The van der Waals surface area contributed by atoms with Gasteiger partial charge in [-0.2, -0.15) is 5.10 Å². The fourth-order valence-electron chi connectivity index (χ4n) is 1.34. The Balaban J connectivity index is 0.000000720. The second-order valence-corrected chi connectivity index (χ2v) is 2.82.